The third-order valence-corrected chi connectivity index (χ3v) is 4.02. The molecule has 2 aromatic carbocycles. The van der Waals surface area contributed by atoms with E-state index in [1.807, 2.05) is 0 Å². The monoisotopic (exact) mass is 389 g/mol. The van der Waals surface area contributed by atoms with Gasteiger partial charge in [-0.15, -0.1) is 0 Å². The number of Topliss-reactive ketones (excluding diaryl/α,β-unsaturated/α-hetero) is 1. The number of para-hydroxylation sites is 1. The lowest BCUT2D eigenvalue weighted by Crippen LogP contribution is -2.15. The highest BCUT2D eigenvalue weighted by Gasteiger charge is 2.12. The summed E-state index contributed by atoms with van der Waals surface area (Å²) in [5, 5.41) is 3.12. The fourth-order valence-corrected chi connectivity index (χ4v) is 2.45. The summed E-state index contributed by atoms with van der Waals surface area (Å²) in [6.07, 6.45) is 0.494. The number of nitrogens with one attached hydrogen (secondary N) is 1. The molecule has 2 rings (SSSR count). The Morgan fingerprint density at radius 3 is 2.56 bits per heavy atom. The highest BCUT2D eigenvalue weighted by atomic mass is 35.5. The molecule has 0 fully saturated rings. The Morgan fingerprint density at radius 1 is 1.04 bits per heavy atom. The second-order valence-electron chi connectivity index (χ2n) is 5.70. The first kappa shape index (κ1) is 20.5. The average Bonchev–Trinajstić information content (AvgIpc) is 2.68. The summed E-state index contributed by atoms with van der Waals surface area (Å²) in [6, 6.07) is 13.5. The first-order valence-electron chi connectivity index (χ1n) is 8.37. The van der Waals surface area contributed by atoms with Gasteiger partial charge in [-0.2, -0.15) is 0 Å². The van der Waals surface area contributed by atoms with E-state index in [1.165, 1.54) is 7.11 Å². The van der Waals surface area contributed by atoms with Crippen LogP contribution in [-0.2, 0) is 14.3 Å². The van der Waals surface area contributed by atoms with Gasteiger partial charge < -0.3 is 14.8 Å². The second-order valence-corrected chi connectivity index (χ2v) is 6.10. The summed E-state index contributed by atoms with van der Waals surface area (Å²) in [5.41, 5.74) is 0.928. The normalized spacial score (nSPS) is 10.1. The number of methoxy groups -OCH3 is 1. The van der Waals surface area contributed by atoms with Crippen LogP contribution in [0.15, 0.2) is 48.5 Å². The third-order valence-electron chi connectivity index (χ3n) is 3.69. The number of carbonyl (C=O) groups is 3. The SMILES string of the molecule is COc1cccc(C(=O)COC(=O)CCCC(=O)Nc2ccccc2Cl)c1. The van der Waals surface area contributed by atoms with Crippen LogP contribution in [0, 0.1) is 0 Å². The lowest BCUT2D eigenvalue weighted by Gasteiger charge is -2.07. The highest BCUT2D eigenvalue weighted by molar-refractivity contribution is 6.33. The number of hydrogen-bond acceptors (Lipinski definition) is 5. The largest absolute Gasteiger partial charge is 0.497 e. The van der Waals surface area contributed by atoms with Gasteiger partial charge in [-0.25, -0.2) is 0 Å². The predicted molar refractivity (Wildman–Crippen MR) is 102 cm³/mol. The van der Waals surface area contributed by atoms with Crippen molar-refractivity contribution < 1.29 is 23.9 Å². The van der Waals surface area contributed by atoms with Crippen molar-refractivity contribution in [2.24, 2.45) is 0 Å². The maximum atomic E-state index is 12.0. The number of ketones is 1. The van der Waals surface area contributed by atoms with Crippen LogP contribution in [0.3, 0.4) is 0 Å². The number of hydrogen-bond donors (Lipinski definition) is 1. The minimum absolute atomic E-state index is 0.0430. The van der Waals surface area contributed by atoms with Gasteiger partial charge in [0.05, 0.1) is 17.8 Å². The van der Waals surface area contributed by atoms with Crippen molar-refractivity contribution in [2.75, 3.05) is 19.0 Å². The molecular formula is C20H20ClNO5. The number of anilines is 1. The molecule has 0 aliphatic rings. The van der Waals surface area contributed by atoms with Gasteiger partial charge in [0, 0.05) is 18.4 Å². The van der Waals surface area contributed by atoms with Gasteiger partial charge in [0.15, 0.2) is 12.4 Å². The van der Waals surface area contributed by atoms with Crippen molar-refractivity contribution in [3.8, 4) is 5.75 Å². The van der Waals surface area contributed by atoms with E-state index in [2.05, 4.69) is 5.32 Å². The van der Waals surface area contributed by atoms with E-state index in [1.54, 1.807) is 48.5 Å². The number of benzene rings is 2. The zero-order valence-corrected chi connectivity index (χ0v) is 15.6. The fourth-order valence-electron chi connectivity index (χ4n) is 2.27. The lowest BCUT2D eigenvalue weighted by molar-refractivity contribution is -0.142. The molecule has 0 aliphatic carbocycles. The van der Waals surface area contributed by atoms with Crippen molar-refractivity contribution in [3.63, 3.8) is 0 Å². The van der Waals surface area contributed by atoms with Crippen LogP contribution in [0.1, 0.15) is 29.6 Å². The van der Waals surface area contributed by atoms with Gasteiger partial charge in [0.2, 0.25) is 5.91 Å². The molecule has 142 valence electrons. The van der Waals surface area contributed by atoms with Gasteiger partial charge in [0.1, 0.15) is 5.75 Å². The molecule has 0 radical (unpaired) electrons. The van der Waals surface area contributed by atoms with Gasteiger partial charge in [-0.05, 0) is 30.7 Å². The predicted octanol–water partition coefficient (Wildman–Crippen LogP) is 3.88. The number of esters is 1. The molecule has 0 aromatic heterocycles. The average molecular weight is 390 g/mol. The molecule has 6 nitrogen and oxygen atoms in total. The number of amides is 1. The van der Waals surface area contributed by atoms with Crippen molar-refractivity contribution in [1.82, 2.24) is 0 Å². The van der Waals surface area contributed by atoms with Crippen LogP contribution in [0.2, 0.25) is 5.02 Å². The Kier molecular flexibility index (Phi) is 7.82. The summed E-state index contributed by atoms with van der Waals surface area (Å²) in [4.78, 5) is 35.6. The summed E-state index contributed by atoms with van der Waals surface area (Å²) in [5.74, 6) is -0.546. The zero-order valence-electron chi connectivity index (χ0n) is 14.9. The summed E-state index contributed by atoms with van der Waals surface area (Å²) in [6.45, 7) is -0.349. The molecule has 7 heteroatoms. The number of carbonyl (C=O) groups excluding carboxylic acids is 3. The maximum Gasteiger partial charge on any atom is 0.306 e. The van der Waals surface area contributed by atoms with E-state index in [9.17, 15) is 14.4 Å². The number of rotatable bonds is 9. The van der Waals surface area contributed by atoms with E-state index >= 15 is 0 Å². The van der Waals surface area contributed by atoms with Gasteiger partial charge in [-0.3, -0.25) is 14.4 Å². The molecule has 27 heavy (non-hydrogen) atoms. The molecule has 1 amide bonds. The van der Waals surface area contributed by atoms with Crippen molar-refractivity contribution in [2.45, 2.75) is 19.3 Å². The lowest BCUT2D eigenvalue weighted by atomic mass is 10.1. The van der Waals surface area contributed by atoms with E-state index in [0.717, 1.165) is 0 Å². The first-order valence-corrected chi connectivity index (χ1v) is 8.74. The van der Waals surface area contributed by atoms with Gasteiger partial charge in [0.25, 0.3) is 0 Å². The Balaban J connectivity index is 1.69. The van der Waals surface area contributed by atoms with E-state index < -0.39 is 5.97 Å². The van der Waals surface area contributed by atoms with Gasteiger partial charge in [-0.1, -0.05) is 35.9 Å². The Bertz CT molecular complexity index is 822. The van der Waals surface area contributed by atoms with Gasteiger partial charge >= 0.3 is 5.97 Å². The quantitative estimate of drug-likeness (QED) is 0.519. The summed E-state index contributed by atoms with van der Waals surface area (Å²) in [7, 11) is 1.51. The number of ether oxygens (including phenoxy) is 2. The molecule has 0 spiro atoms. The van der Waals surface area contributed by atoms with E-state index in [0.29, 0.717) is 28.4 Å². The third kappa shape index (κ3) is 6.75. The van der Waals surface area contributed by atoms with Crippen LogP contribution in [0.4, 0.5) is 5.69 Å². The standard InChI is InChI=1S/C20H20ClNO5/c1-26-15-7-4-6-14(12-15)18(23)13-27-20(25)11-5-10-19(24)22-17-9-3-2-8-16(17)21/h2-4,6-9,12H,5,10-11,13H2,1H3,(H,22,24). The Hall–Kier alpha value is -2.86. The van der Waals surface area contributed by atoms with Crippen LogP contribution >= 0.6 is 11.6 Å². The molecule has 0 atom stereocenters. The molecule has 0 heterocycles. The minimum Gasteiger partial charge on any atom is -0.497 e. The summed E-state index contributed by atoms with van der Waals surface area (Å²) >= 11 is 5.96. The smallest absolute Gasteiger partial charge is 0.306 e. The van der Waals surface area contributed by atoms with E-state index in [-0.39, 0.29) is 31.1 Å². The maximum absolute atomic E-state index is 12.0. The zero-order chi connectivity index (χ0) is 19.6. The molecule has 0 saturated heterocycles. The Morgan fingerprint density at radius 2 is 1.81 bits per heavy atom. The van der Waals surface area contributed by atoms with Crippen LogP contribution in [-0.4, -0.2) is 31.4 Å². The van der Waals surface area contributed by atoms with Crippen LogP contribution < -0.4 is 10.1 Å². The molecular weight excluding hydrogens is 370 g/mol. The molecule has 0 unspecified atom stereocenters. The topological polar surface area (TPSA) is 81.7 Å². The number of halogens is 1. The van der Waals surface area contributed by atoms with Crippen molar-refractivity contribution in [3.05, 3.63) is 59.1 Å². The molecule has 0 saturated carbocycles. The minimum atomic E-state index is -0.531. The highest BCUT2D eigenvalue weighted by Crippen LogP contribution is 2.20. The summed E-state index contributed by atoms with van der Waals surface area (Å²) < 4.78 is 10.0. The van der Waals surface area contributed by atoms with Crippen molar-refractivity contribution in [1.29, 1.82) is 0 Å². The van der Waals surface area contributed by atoms with E-state index in [4.69, 9.17) is 21.1 Å². The van der Waals surface area contributed by atoms with Crippen molar-refractivity contribution >= 4 is 34.9 Å². The van der Waals surface area contributed by atoms with Crippen LogP contribution in [0.5, 0.6) is 5.75 Å². The second kappa shape index (κ2) is 10.3. The first-order chi connectivity index (χ1) is 13.0. The molecule has 0 bridgehead atoms. The molecule has 0 aliphatic heterocycles. The van der Waals surface area contributed by atoms with Crippen LogP contribution in [0.25, 0.3) is 0 Å². The fraction of sp³-hybridized carbons (Fsp3) is 0.250. The Labute approximate surface area is 162 Å². The molecule has 2 aromatic rings. The molecule has 1 N–H and O–H groups in total.